The van der Waals surface area contributed by atoms with E-state index in [1.54, 1.807) is 0 Å². The smallest absolute Gasteiger partial charge is 0.309 e. The van der Waals surface area contributed by atoms with Gasteiger partial charge in [-0.2, -0.15) is 0 Å². The molecule has 2 aliphatic heterocycles. The van der Waals surface area contributed by atoms with E-state index >= 15 is 0 Å². The number of hydrogen-bond donors (Lipinski definition) is 0. The number of hydrogen-bond acceptors (Lipinski definition) is 4. The Morgan fingerprint density at radius 2 is 2.00 bits per heavy atom. The van der Waals surface area contributed by atoms with Gasteiger partial charge in [0.25, 0.3) is 0 Å². The minimum Gasteiger partial charge on any atom is -0.466 e. The molecule has 0 bridgehead atoms. The highest BCUT2D eigenvalue weighted by Gasteiger charge is 2.28. The topological polar surface area (TPSA) is 55.8 Å². The maximum Gasteiger partial charge on any atom is 0.309 e. The zero-order valence-corrected chi connectivity index (χ0v) is 12.3. The molecule has 2 heterocycles. The summed E-state index contributed by atoms with van der Waals surface area (Å²) in [5.41, 5.74) is 0. The predicted octanol–water partition coefficient (Wildman–Crippen LogP) is 1.75. The van der Waals surface area contributed by atoms with E-state index in [1.165, 1.54) is 0 Å². The third-order valence-corrected chi connectivity index (χ3v) is 4.17. The molecule has 0 N–H and O–H groups in total. The van der Waals surface area contributed by atoms with E-state index in [0.29, 0.717) is 26.1 Å². The molecule has 5 heteroatoms. The number of amides is 1. The SMILES string of the molecule is CCOC(=O)C1CCN(C(=O)CCC2CCCO2)CC1. The molecule has 2 fully saturated rings. The van der Waals surface area contributed by atoms with Gasteiger partial charge < -0.3 is 14.4 Å². The summed E-state index contributed by atoms with van der Waals surface area (Å²) in [6.07, 6.45) is 5.32. The van der Waals surface area contributed by atoms with E-state index in [-0.39, 0.29) is 23.9 Å². The van der Waals surface area contributed by atoms with Crippen LogP contribution in [-0.2, 0) is 19.1 Å². The van der Waals surface area contributed by atoms with Crippen molar-refractivity contribution in [1.29, 1.82) is 0 Å². The molecule has 2 saturated heterocycles. The van der Waals surface area contributed by atoms with Crippen molar-refractivity contribution in [3.63, 3.8) is 0 Å². The normalized spacial score (nSPS) is 23.9. The summed E-state index contributed by atoms with van der Waals surface area (Å²) in [6.45, 7) is 4.44. The van der Waals surface area contributed by atoms with Crippen LogP contribution in [0.25, 0.3) is 0 Å². The number of ether oxygens (including phenoxy) is 2. The fourth-order valence-corrected chi connectivity index (χ4v) is 2.94. The number of nitrogens with zero attached hydrogens (tertiary/aromatic N) is 1. The van der Waals surface area contributed by atoms with Crippen LogP contribution in [0.5, 0.6) is 0 Å². The molecular weight excluding hydrogens is 258 g/mol. The molecule has 0 aromatic rings. The first kappa shape index (κ1) is 15.3. The second-order valence-corrected chi connectivity index (χ2v) is 5.58. The van der Waals surface area contributed by atoms with Gasteiger partial charge in [-0.1, -0.05) is 0 Å². The van der Waals surface area contributed by atoms with E-state index in [0.717, 1.165) is 38.7 Å². The average Bonchev–Trinajstić information content (AvgIpc) is 2.98. The lowest BCUT2D eigenvalue weighted by Gasteiger charge is -2.31. The molecule has 5 nitrogen and oxygen atoms in total. The van der Waals surface area contributed by atoms with Gasteiger partial charge in [-0.15, -0.1) is 0 Å². The van der Waals surface area contributed by atoms with Crippen LogP contribution in [0.4, 0.5) is 0 Å². The van der Waals surface area contributed by atoms with Crippen LogP contribution in [0.15, 0.2) is 0 Å². The van der Waals surface area contributed by atoms with Crippen molar-refractivity contribution in [3.8, 4) is 0 Å². The molecule has 0 radical (unpaired) electrons. The van der Waals surface area contributed by atoms with Crippen LogP contribution in [0.2, 0.25) is 0 Å². The van der Waals surface area contributed by atoms with Crippen LogP contribution < -0.4 is 0 Å². The first-order valence-corrected chi connectivity index (χ1v) is 7.76. The molecule has 1 amide bonds. The summed E-state index contributed by atoms with van der Waals surface area (Å²) < 4.78 is 10.6. The third-order valence-electron chi connectivity index (χ3n) is 4.17. The number of piperidine rings is 1. The van der Waals surface area contributed by atoms with Gasteiger partial charge in [-0.25, -0.2) is 0 Å². The summed E-state index contributed by atoms with van der Waals surface area (Å²) in [5.74, 6) is 0.0546. The molecule has 1 unspecified atom stereocenters. The van der Waals surface area contributed by atoms with Gasteiger partial charge in [0.2, 0.25) is 5.91 Å². The van der Waals surface area contributed by atoms with Crippen molar-refractivity contribution < 1.29 is 19.1 Å². The first-order valence-electron chi connectivity index (χ1n) is 7.76. The maximum absolute atomic E-state index is 12.1. The Morgan fingerprint density at radius 1 is 1.25 bits per heavy atom. The highest BCUT2D eigenvalue weighted by Crippen LogP contribution is 2.21. The van der Waals surface area contributed by atoms with Gasteiger partial charge in [-0.05, 0) is 39.0 Å². The molecule has 2 aliphatic rings. The second-order valence-electron chi connectivity index (χ2n) is 5.58. The van der Waals surface area contributed by atoms with Gasteiger partial charge in [0.1, 0.15) is 0 Å². The zero-order valence-electron chi connectivity index (χ0n) is 12.3. The molecule has 0 saturated carbocycles. The monoisotopic (exact) mass is 283 g/mol. The highest BCUT2D eigenvalue weighted by molar-refractivity contribution is 5.77. The lowest BCUT2D eigenvalue weighted by atomic mass is 9.96. The van der Waals surface area contributed by atoms with E-state index in [1.807, 2.05) is 11.8 Å². The third kappa shape index (κ3) is 4.20. The van der Waals surface area contributed by atoms with E-state index in [4.69, 9.17) is 9.47 Å². The number of rotatable bonds is 5. The largest absolute Gasteiger partial charge is 0.466 e. The van der Waals surface area contributed by atoms with Crippen LogP contribution in [0.3, 0.4) is 0 Å². The van der Waals surface area contributed by atoms with E-state index < -0.39 is 0 Å². The zero-order chi connectivity index (χ0) is 14.4. The number of esters is 1. The van der Waals surface area contributed by atoms with Crippen LogP contribution in [0.1, 0.15) is 45.4 Å². The Kier molecular flexibility index (Phi) is 5.83. The van der Waals surface area contributed by atoms with Gasteiger partial charge in [0, 0.05) is 26.1 Å². The first-order chi connectivity index (χ1) is 9.70. The van der Waals surface area contributed by atoms with Gasteiger partial charge >= 0.3 is 5.97 Å². The fourth-order valence-electron chi connectivity index (χ4n) is 2.94. The second kappa shape index (κ2) is 7.62. The molecule has 2 rings (SSSR count). The Balaban J connectivity index is 1.67. The number of likely N-dealkylation sites (tertiary alicyclic amines) is 1. The Hall–Kier alpha value is -1.10. The molecule has 1 atom stereocenters. The summed E-state index contributed by atoms with van der Waals surface area (Å²) in [7, 11) is 0. The summed E-state index contributed by atoms with van der Waals surface area (Å²) in [4.78, 5) is 25.6. The summed E-state index contributed by atoms with van der Waals surface area (Å²) in [5, 5.41) is 0. The predicted molar refractivity (Wildman–Crippen MR) is 74.1 cm³/mol. The molecule has 114 valence electrons. The van der Waals surface area contributed by atoms with Crippen LogP contribution in [-0.4, -0.2) is 49.2 Å². The summed E-state index contributed by atoms with van der Waals surface area (Å²) >= 11 is 0. The van der Waals surface area contributed by atoms with Gasteiger partial charge in [0.05, 0.1) is 18.6 Å². The fraction of sp³-hybridized carbons (Fsp3) is 0.867. The standard InChI is InChI=1S/C15H25NO4/c1-2-19-15(18)12-7-9-16(10-8-12)14(17)6-5-13-4-3-11-20-13/h12-13H,2-11H2,1H3. The van der Waals surface area contributed by atoms with E-state index in [9.17, 15) is 9.59 Å². The molecule has 0 aromatic carbocycles. The quantitative estimate of drug-likeness (QED) is 0.721. The molecule has 0 aromatic heterocycles. The number of carbonyl (C=O) groups excluding carboxylic acids is 2. The van der Waals surface area contributed by atoms with E-state index in [2.05, 4.69) is 0 Å². The minimum atomic E-state index is -0.112. The lowest BCUT2D eigenvalue weighted by Crippen LogP contribution is -2.40. The van der Waals surface area contributed by atoms with Crippen molar-refractivity contribution in [2.45, 2.75) is 51.6 Å². The number of carbonyl (C=O) groups is 2. The van der Waals surface area contributed by atoms with Gasteiger partial charge in [0.15, 0.2) is 0 Å². The van der Waals surface area contributed by atoms with Crippen molar-refractivity contribution in [1.82, 2.24) is 4.90 Å². The Labute approximate surface area is 120 Å². The molecular formula is C15H25NO4. The lowest BCUT2D eigenvalue weighted by molar-refractivity contribution is -0.151. The van der Waals surface area contributed by atoms with Crippen molar-refractivity contribution in [2.24, 2.45) is 5.92 Å². The molecule has 20 heavy (non-hydrogen) atoms. The van der Waals surface area contributed by atoms with Crippen LogP contribution >= 0.6 is 0 Å². The van der Waals surface area contributed by atoms with Crippen molar-refractivity contribution in [3.05, 3.63) is 0 Å². The Bertz CT molecular complexity index is 331. The molecule has 0 aliphatic carbocycles. The molecule has 0 spiro atoms. The summed E-state index contributed by atoms with van der Waals surface area (Å²) in [6, 6.07) is 0. The highest BCUT2D eigenvalue weighted by atomic mass is 16.5. The van der Waals surface area contributed by atoms with Crippen molar-refractivity contribution >= 4 is 11.9 Å². The van der Waals surface area contributed by atoms with Crippen LogP contribution in [0, 0.1) is 5.92 Å². The van der Waals surface area contributed by atoms with Gasteiger partial charge in [-0.3, -0.25) is 9.59 Å². The minimum absolute atomic E-state index is 0.0304. The maximum atomic E-state index is 12.1. The average molecular weight is 283 g/mol. The Morgan fingerprint density at radius 3 is 2.60 bits per heavy atom. The van der Waals surface area contributed by atoms with Crippen molar-refractivity contribution in [2.75, 3.05) is 26.3 Å².